The highest BCUT2D eigenvalue weighted by atomic mass is 35.5. The van der Waals surface area contributed by atoms with Crippen molar-refractivity contribution in [2.75, 3.05) is 6.54 Å². The molecule has 8 heteroatoms. The number of fused-ring (bicyclic) bond motifs is 1. The Morgan fingerprint density at radius 1 is 1.08 bits per heavy atom. The van der Waals surface area contributed by atoms with Crippen LogP contribution < -0.4 is 11.1 Å². The summed E-state index contributed by atoms with van der Waals surface area (Å²) >= 11 is 0. The van der Waals surface area contributed by atoms with E-state index in [2.05, 4.69) is 15.5 Å². The second-order valence-electron chi connectivity index (χ2n) is 6.63. The summed E-state index contributed by atoms with van der Waals surface area (Å²) in [5.74, 6) is -2.25. The van der Waals surface area contributed by atoms with E-state index in [0.717, 1.165) is 31.1 Å². The van der Waals surface area contributed by atoms with Gasteiger partial charge in [0.15, 0.2) is 11.6 Å². The van der Waals surface area contributed by atoms with Gasteiger partial charge in [-0.05, 0) is 49.4 Å². The number of hydrogen-bond donors (Lipinski definition) is 2. The summed E-state index contributed by atoms with van der Waals surface area (Å²) in [6, 6.07) is 4.99. The molecule has 4 unspecified atom stereocenters. The zero-order valence-electron chi connectivity index (χ0n) is 13.3. The highest BCUT2D eigenvalue weighted by Gasteiger charge is 2.43. The molecule has 2 heterocycles. The molecule has 0 spiro atoms. The molecule has 2 aromatic rings. The fraction of sp³-hybridized carbons (Fsp3) is 0.412. The molecule has 0 radical (unpaired) electrons. The van der Waals surface area contributed by atoms with Crippen molar-refractivity contribution >= 4 is 12.4 Å². The number of hydrogen-bond acceptors (Lipinski definition) is 4. The van der Waals surface area contributed by atoms with Crippen molar-refractivity contribution in [1.29, 1.82) is 0 Å². The first-order valence-electron chi connectivity index (χ1n) is 8.00. The first-order chi connectivity index (χ1) is 11.5. The summed E-state index contributed by atoms with van der Waals surface area (Å²) in [6.45, 7) is 0.899. The predicted octanol–water partition coefficient (Wildman–Crippen LogP) is 2.98. The number of nitrogens with one attached hydrogen (secondary N) is 1. The molecule has 25 heavy (non-hydrogen) atoms. The van der Waals surface area contributed by atoms with Gasteiger partial charge < -0.3 is 11.1 Å². The third-order valence-electron chi connectivity index (χ3n) is 5.09. The van der Waals surface area contributed by atoms with Gasteiger partial charge in [-0.25, -0.2) is 13.2 Å². The van der Waals surface area contributed by atoms with Crippen molar-refractivity contribution in [2.45, 2.75) is 24.9 Å². The molecule has 4 nitrogen and oxygen atoms in total. The molecule has 1 aliphatic heterocycles. The van der Waals surface area contributed by atoms with E-state index < -0.39 is 17.5 Å². The minimum absolute atomic E-state index is 0. The lowest BCUT2D eigenvalue weighted by atomic mass is 9.92. The molecular formula is C17H18ClF3N4. The van der Waals surface area contributed by atoms with Crippen molar-refractivity contribution in [3.63, 3.8) is 0 Å². The first kappa shape index (κ1) is 18.1. The van der Waals surface area contributed by atoms with Crippen molar-refractivity contribution in [3.05, 3.63) is 47.4 Å². The van der Waals surface area contributed by atoms with Crippen LogP contribution in [0, 0.1) is 29.3 Å². The van der Waals surface area contributed by atoms with Crippen LogP contribution in [0.1, 0.15) is 24.6 Å². The van der Waals surface area contributed by atoms with Gasteiger partial charge in [0.05, 0.1) is 17.4 Å². The molecule has 1 aromatic carbocycles. The van der Waals surface area contributed by atoms with Crippen molar-refractivity contribution in [1.82, 2.24) is 15.5 Å². The second kappa shape index (κ2) is 6.90. The number of benzene rings is 1. The van der Waals surface area contributed by atoms with Gasteiger partial charge in [-0.2, -0.15) is 10.2 Å². The zero-order chi connectivity index (χ0) is 16.8. The Kier molecular flexibility index (Phi) is 4.99. The zero-order valence-corrected chi connectivity index (χ0v) is 14.1. The molecule has 2 fully saturated rings. The van der Waals surface area contributed by atoms with E-state index in [1.165, 1.54) is 0 Å². The van der Waals surface area contributed by atoms with Gasteiger partial charge in [0, 0.05) is 17.7 Å². The number of nitrogens with zero attached hydrogens (tertiary/aromatic N) is 2. The molecule has 1 saturated heterocycles. The van der Waals surface area contributed by atoms with E-state index in [1.54, 1.807) is 12.1 Å². The van der Waals surface area contributed by atoms with Crippen LogP contribution in [-0.4, -0.2) is 22.8 Å². The fourth-order valence-corrected chi connectivity index (χ4v) is 3.99. The van der Waals surface area contributed by atoms with Gasteiger partial charge >= 0.3 is 0 Å². The van der Waals surface area contributed by atoms with E-state index in [0.29, 0.717) is 17.9 Å². The van der Waals surface area contributed by atoms with Gasteiger partial charge in [-0.3, -0.25) is 0 Å². The third-order valence-corrected chi connectivity index (χ3v) is 5.09. The van der Waals surface area contributed by atoms with Crippen molar-refractivity contribution < 1.29 is 13.2 Å². The molecule has 1 aliphatic carbocycles. The first-order valence-corrected chi connectivity index (χ1v) is 8.00. The maximum Gasteiger partial charge on any atom is 0.168 e. The highest BCUT2D eigenvalue weighted by Crippen LogP contribution is 2.43. The van der Waals surface area contributed by atoms with E-state index >= 15 is 0 Å². The molecule has 0 bridgehead atoms. The Balaban J connectivity index is 0.00000182. The number of halogens is 4. The van der Waals surface area contributed by atoms with E-state index in [-0.39, 0.29) is 35.7 Å². The summed E-state index contributed by atoms with van der Waals surface area (Å²) < 4.78 is 40.5. The topological polar surface area (TPSA) is 63.8 Å². The Labute approximate surface area is 149 Å². The van der Waals surface area contributed by atoms with Crippen LogP contribution in [0.25, 0.3) is 11.3 Å². The SMILES string of the molecule is Cl.NC1CC2CNC(c3ccc(-c4cc(F)cc(F)c4F)nn3)C2C1. The average Bonchev–Trinajstić information content (AvgIpc) is 3.10. The van der Waals surface area contributed by atoms with Gasteiger partial charge in [-0.15, -0.1) is 12.4 Å². The van der Waals surface area contributed by atoms with Crippen molar-refractivity contribution in [3.8, 4) is 11.3 Å². The Morgan fingerprint density at radius 3 is 2.60 bits per heavy atom. The van der Waals surface area contributed by atoms with Gasteiger partial charge in [0.1, 0.15) is 5.82 Å². The normalized spacial score (nSPS) is 27.8. The summed E-state index contributed by atoms with van der Waals surface area (Å²) in [5, 5.41) is 11.6. The summed E-state index contributed by atoms with van der Waals surface area (Å²) in [5.41, 5.74) is 6.66. The van der Waals surface area contributed by atoms with E-state index in [9.17, 15) is 13.2 Å². The monoisotopic (exact) mass is 370 g/mol. The van der Waals surface area contributed by atoms with Gasteiger partial charge in [-0.1, -0.05) is 0 Å². The second-order valence-corrected chi connectivity index (χ2v) is 6.63. The Hall–Kier alpha value is -1.70. The summed E-state index contributed by atoms with van der Waals surface area (Å²) in [7, 11) is 0. The predicted molar refractivity (Wildman–Crippen MR) is 89.5 cm³/mol. The molecule has 3 N–H and O–H groups in total. The number of rotatable bonds is 2. The minimum atomic E-state index is -1.24. The largest absolute Gasteiger partial charge is 0.328 e. The highest BCUT2D eigenvalue weighted by molar-refractivity contribution is 5.85. The maximum absolute atomic E-state index is 13.9. The van der Waals surface area contributed by atoms with Crippen LogP contribution in [0.5, 0.6) is 0 Å². The summed E-state index contributed by atoms with van der Waals surface area (Å²) in [4.78, 5) is 0. The molecule has 134 valence electrons. The molecule has 4 atom stereocenters. The van der Waals surface area contributed by atoms with Crippen molar-refractivity contribution in [2.24, 2.45) is 17.6 Å². The fourth-order valence-electron chi connectivity index (χ4n) is 3.99. The number of nitrogens with two attached hydrogens (primary N) is 1. The molecule has 2 aliphatic rings. The van der Waals surface area contributed by atoms with Crippen LogP contribution in [0.15, 0.2) is 24.3 Å². The van der Waals surface area contributed by atoms with Crippen LogP contribution in [0.3, 0.4) is 0 Å². The van der Waals surface area contributed by atoms with Gasteiger partial charge in [0.25, 0.3) is 0 Å². The Morgan fingerprint density at radius 2 is 1.88 bits per heavy atom. The van der Waals surface area contributed by atoms with E-state index in [4.69, 9.17) is 5.73 Å². The molecule has 0 amide bonds. The van der Waals surface area contributed by atoms with E-state index in [1.807, 2.05) is 0 Å². The molecular weight excluding hydrogens is 353 g/mol. The smallest absolute Gasteiger partial charge is 0.168 e. The molecule has 1 saturated carbocycles. The van der Waals surface area contributed by atoms with Crippen LogP contribution >= 0.6 is 12.4 Å². The number of aromatic nitrogens is 2. The average molecular weight is 371 g/mol. The quantitative estimate of drug-likeness (QED) is 0.798. The van der Waals surface area contributed by atoms with Crippen LogP contribution in [-0.2, 0) is 0 Å². The standard InChI is InChI=1S/C17H17F3N4.ClH/c18-9-4-12(16(20)13(19)5-9)14-1-2-15(24-23-14)17-11-6-10(21)3-8(11)7-22-17;/h1-2,4-5,8,10-11,17,22H,3,6-7,21H2;1H. The van der Waals surface area contributed by atoms with Crippen LogP contribution in [0.4, 0.5) is 13.2 Å². The summed E-state index contributed by atoms with van der Waals surface area (Å²) in [6.07, 6.45) is 1.95. The molecule has 1 aromatic heterocycles. The van der Waals surface area contributed by atoms with Gasteiger partial charge in [0.2, 0.25) is 0 Å². The lowest BCUT2D eigenvalue weighted by molar-refractivity contribution is 0.410. The Bertz CT molecular complexity index is 771. The third kappa shape index (κ3) is 3.23. The van der Waals surface area contributed by atoms with Crippen LogP contribution in [0.2, 0.25) is 0 Å². The molecule has 4 rings (SSSR count). The lowest BCUT2D eigenvalue weighted by Crippen LogP contribution is -2.24. The minimum Gasteiger partial charge on any atom is -0.328 e. The lowest BCUT2D eigenvalue weighted by Gasteiger charge is -2.17. The maximum atomic E-state index is 13.9.